The van der Waals surface area contributed by atoms with Gasteiger partial charge < -0.3 is 9.63 Å². The smallest absolute Gasteiger partial charge is 0.232 e. The Morgan fingerprint density at radius 3 is 2.84 bits per heavy atom. The molecule has 102 valence electrons. The Bertz CT molecular complexity index is 568. The van der Waals surface area contributed by atoms with Gasteiger partial charge in [0.15, 0.2) is 0 Å². The first-order chi connectivity index (χ1) is 9.02. The van der Waals surface area contributed by atoms with Crippen molar-refractivity contribution >= 4 is 0 Å². The van der Waals surface area contributed by atoms with Crippen LogP contribution in [0.25, 0.3) is 11.4 Å². The lowest BCUT2D eigenvalue weighted by molar-refractivity contribution is 0.129. The van der Waals surface area contributed by atoms with Gasteiger partial charge in [0.25, 0.3) is 0 Å². The van der Waals surface area contributed by atoms with Crippen molar-refractivity contribution < 1.29 is 14.0 Å². The molecule has 1 aromatic heterocycles. The lowest BCUT2D eigenvalue weighted by Crippen LogP contribution is -2.14. The minimum absolute atomic E-state index is 0.236. The van der Waals surface area contributed by atoms with Crippen LogP contribution < -0.4 is 0 Å². The van der Waals surface area contributed by atoms with E-state index in [9.17, 15) is 9.50 Å². The highest BCUT2D eigenvalue weighted by Crippen LogP contribution is 2.25. The van der Waals surface area contributed by atoms with Gasteiger partial charge in [-0.1, -0.05) is 25.1 Å². The number of aliphatic hydroxyl groups excluding tert-OH is 1. The van der Waals surface area contributed by atoms with E-state index in [-0.39, 0.29) is 11.7 Å². The standard InChI is InChI=1S/C14H17FN2O2/c1-4-12(18)9(3)14-16-13(17-19-14)11-7-10(15)6-5-8(11)2/h5-7,9,12,18H,4H2,1-3H3. The predicted octanol–water partition coefficient (Wildman–Crippen LogP) is 3.06. The fourth-order valence-electron chi connectivity index (χ4n) is 1.88. The fraction of sp³-hybridized carbons (Fsp3) is 0.429. The maximum atomic E-state index is 13.3. The number of rotatable bonds is 4. The van der Waals surface area contributed by atoms with Crippen LogP contribution in [0.4, 0.5) is 4.39 Å². The summed E-state index contributed by atoms with van der Waals surface area (Å²) in [6, 6.07) is 4.44. The number of hydrogen-bond acceptors (Lipinski definition) is 4. The molecule has 1 aromatic carbocycles. The van der Waals surface area contributed by atoms with Gasteiger partial charge in [-0.25, -0.2) is 4.39 Å². The highest BCUT2D eigenvalue weighted by atomic mass is 19.1. The minimum Gasteiger partial charge on any atom is -0.392 e. The SMILES string of the molecule is CCC(O)C(C)c1nc(-c2cc(F)ccc2C)no1. The van der Waals surface area contributed by atoms with Gasteiger partial charge in [0.1, 0.15) is 5.82 Å². The van der Waals surface area contributed by atoms with Gasteiger partial charge in [-0.2, -0.15) is 4.98 Å². The Balaban J connectivity index is 2.33. The lowest BCUT2D eigenvalue weighted by atomic mass is 10.0. The maximum absolute atomic E-state index is 13.3. The normalized spacial score (nSPS) is 14.4. The Morgan fingerprint density at radius 2 is 2.16 bits per heavy atom. The molecule has 0 radical (unpaired) electrons. The first kappa shape index (κ1) is 13.7. The van der Waals surface area contributed by atoms with Gasteiger partial charge in [-0.15, -0.1) is 0 Å². The summed E-state index contributed by atoms with van der Waals surface area (Å²) in [5.41, 5.74) is 1.48. The first-order valence-electron chi connectivity index (χ1n) is 6.31. The number of aryl methyl sites for hydroxylation is 1. The zero-order valence-corrected chi connectivity index (χ0v) is 11.2. The van der Waals surface area contributed by atoms with Gasteiger partial charge in [0.2, 0.25) is 11.7 Å². The van der Waals surface area contributed by atoms with Crippen molar-refractivity contribution in [2.75, 3.05) is 0 Å². The number of nitrogens with zero attached hydrogens (tertiary/aromatic N) is 2. The van der Waals surface area contributed by atoms with E-state index < -0.39 is 6.10 Å². The predicted molar refractivity (Wildman–Crippen MR) is 69.1 cm³/mol. The molecule has 0 aliphatic carbocycles. The van der Waals surface area contributed by atoms with Gasteiger partial charge in [-0.05, 0) is 31.0 Å². The van der Waals surface area contributed by atoms with Crippen molar-refractivity contribution in [3.05, 3.63) is 35.5 Å². The molecule has 0 spiro atoms. The Morgan fingerprint density at radius 1 is 1.42 bits per heavy atom. The number of aromatic nitrogens is 2. The number of hydrogen-bond donors (Lipinski definition) is 1. The largest absolute Gasteiger partial charge is 0.392 e. The molecule has 2 rings (SSSR count). The van der Waals surface area contributed by atoms with Crippen molar-refractivity contribution in [1.82, 2.24) is 10.1 Å². The van der Waals surface area contributed by atoms with Crippen LogP contribution in [0.15, 0.2) is 22.7 Å². The van der Waals surface area contributed by atoms with Crippen LogP contribution in [0.1, 0.15) is 37.6 Å². The molecule has 0 saturated carbocycles. The summed E-state index contributed by atoms with van der Waals surface area (Å²) in [7, 11) is 0. The second kappa shape index (κ2) is 5.48. The Kier molecular flexibility index (Phi) is 3.95. The Labute approximate surface area is 111 Å². The third-order valence-corrected chi connectivity index (χ3v) is 3.27. The molecule has 1 heterocycles. The molecule has 0 saturated heterocycles. The van der Waals surface area contributed by atoms with Crippen LogP contribution in [0.3, 0.4) is 0 Å². The van der Waals surface area contributed by atoms with Crippen molar-refractivity contribution in [2.24, 2.45) is 0 Å². The molecular weight excluding hydrogens is 247 g/mol. The van der Waals surface area contributed by atoms with Crippen molar-refractivity contribution in [3.63, 3.8) is 0 Å². The molecule has 0 aliphatic heterocycles. The molecular formula is C14H17FN2O2. The summed E-state index contributed by atoms with van der Waals surface area (Å²) in [5, 5.41) is 13.6. The van der Waals surface area contributed by atoms with E-state index in [0.29, 0.717) is 23.7 Å². The van der Waals surface area contributed by atoms with E-state index in [2.05, 4.69) is 10.1 Å². The zero-order chi connectivity index (χ0) is 14.0. The van der Waals surface area contributed by atoms with Crippen molar-refractivity contribution in [3.8, 4) is 11.4 Å². The van der Waals surface area contributed by atoms with Crippen LogP contribution in [0, 0.1) is 12.7 Å². The molecule has 5 heteroatoms. The van der Waals surface area contributed by atoms with Crippen LogP contribution in [-0.2, 0) is 0 Å². The van der Waals surface area contributed by atoms with Gasteiger partial charge in [-0.3, -0.25) is 0 Å². The zero-order valence-electron chi connectivity index (χ0n) is 11.2. The average molecular weight is 264 g/mol. The van der Waals surface area contributed by atoms with Crippen LogP contribution in [-0.4, -0.2) is 21.4 Å². The van der Waals surface area contributed by atoms with E-state index in [4.69, 9.17) is 4.52 Å². The third kappa shape index (κ3) is 2.81. The highest BCUT2D eigenvalue weighted by molar-refractivity contribution is 5.59. The summed E-state index contributed by atoms with van der Waals surface area (Å²) in [5.74, 6) is 0.142. The first-order valence-corrected chi connectivity index (χ1v) is 6.31. The van der Waals surface area contributed by atoms with E-state index >= 15 is 0 Å². The van der Waals surface area contributed by atoms with Crippen LogP contribution in [0.2, 0.25) is 0 Å². The second-order valence-electron chi connectivity index (χ2n) is 4.68. The van der Waals surface area contributed by atoms with Crippen LogP contribution >= 0.6 is 0 Å². The van der Waals surface area contributed by atoms with E-state index in [1.54, 1.807) is 6.07 Å². The molecule has 2 aromatic rings. The second-order valence-corrected chi connectivity index (χ2v) is 4.68. The summed E-state index contributed by atoms with van der Waals surface area (Å²) in [6.45, 7) is 5.56. The maximum Gasteiger partial charge on any atom is 0.232 e. The molecule has 0 fully saturated rings. The highest BCUT2D eigenvalue weighted by Gasteiger charge is 2.21. The average Bonchev–Trinajstić information content (AvgIpc) is 2.89. The molecule has 0 bridgehead atoms. The molecule has 2 atom stereocenters. The summed E-state index contributed by atoms with van der Waals surface area (Å²) < 4.78 is 18.4. The van der Waals surface area contributed by atoms with Gasteiger partial charge in [0, 0.05) is 5.56 Å². The molecule has 19 heavy (non-hydrogen) atoms. The summed E-state index contributed by atoms with van der Waals surface area (Å²) in [6.07, 6.45) is 0.0830. The van der Waals surface area contributed by atoms with E-state index in [1.807, 2.05) is 20.8 Å². The number of halogens is 1. The van der Waals surface area contributed by atoms with Crippen molar-refractivity contribution in [1.29, 1.82) is 0 Å². The molecule has 0 amide bonds. The van der Waals surface area contributed by atoms with E-state index in [0.717, 1.165) is 5.56 Å². The Hall–Kier alpha value is -1.75. The number of benzene rings is 1. The molecule has 4 nitrogen and oxygen atoms in total. The monoisotopic (exact) mass is 264 g/mol. The van der Waals surface area contributed by atoms with Crippen LogP contribution in [0.5, 0.6) is 0 Å². The third-order valence-electron chi connectivity index (χ3n) is 3.27. The summed E-state index contributed by atoms with van der Waals surface area (Å²) >= 11 is 0. The lowest BCUT2D eigenvalue weighted by Gasteiger charge is -2.11. The topological polar surface area (TPSA) is 59.2 Å². The molecule has 0 aliphatic rings. The molecule has 1 N–H and O–H groups in total. The molecule has 2 unspecified atom stereocenters. The quantitative estimate of drug-likeness (QED) is 0.922. The van der Waals surface area contributed by atoms with Crippen molar-refractivity contribution in [2.45, 2.75) is 39.2 Å². The minimum atomic E-state index is -0.526. The van der Waals surface area contributed by atoms with Gasteiger partial charge in [0.05, 0.1) is 12.0 Å². The fourth-order valence-corrected chi connectivity index (χ4v) is 1.88. The van der Waals surface area contributed by atoms with Gasteiger partial charge >= 0.3 is 0 Å². The van der Waals surface area contributed by atoms with E-state index in [1.165, 1.54) is 12.1 Å². The summed E-state index contributed by atoms with van der Waals surface area (Å²) in [4.78, 5) is 4.25. The number of aliphatic hydroxyl groups is 1.